The first kappa shape index (κ1) is 13.3. The average Bonchev–Trinajstić information content (AvgIpc) is 2.25. The van der Waals surface area contributed by atoms with E-state index in [1.54, 1.807) is 0 Å². The van der Waals surface area contributed by atoms with Gasteiger partial charge in [-0.1, -0.05) is 6.92 Å². The quantitative estimate of drug-likeness (QED) is 0.753. The van der Waals surface area contributed by atoms with Crippen molar-refractivity contribution in [2.75, 3.05) is 31.1 Å². The lowest BCUT2D eigenvalue weighted by Crippen LogP contribution is -2.41. The largest absolute Gasteiger partial charge is 0.313 e. The van der Waals surface area contributed by atoms with Gasteiger partial charge in [-0.05, 0) is 44.7 Å². The van der Waals surface area contributed by atoms with Gasteiger partial charge in [0, 0.05) is 25.2 Å². The standard InChI is InChI=1S/C12H26N2S/c1-4-14(11(2)3)8-7-13-12-5-9-15-10-6-12/h11-13H,4-10H2,1-3H3. The summed E-state index contributed by atoms with van der Waals surface area (Å²) < 4.78 is 0. The van der Waals surface area contributed by atoms with Gasteiger partial charge in [0.15, 0.2) is 0 Å². The first-order valence-corrected chi connectivity index (χ1v) is 7.44. The number of nitrogens with one attached hydrogen (secondary N) is 1. The molecule has 0 saturated carbocycles. The summed E-state index contributed by atoms with van der Waals surface area (Å²) in [4.78, 5) is 2.52. The van der Waals surface area contributed by atoms with E-state index in [2.05, 4.69) is 42.7 Å². The van der Waals surface area contributed by atoms with Crippen molar-refractivity contribution in [2.45, 2.75) is 45.7 Å². The summed E-state index contributed by atoms with van der Waals surface area (Å²) in [6.07, 6.45) is 2.72. The Kier molecular flexibility index (Phi) is 6.69. The van der Waals surface area contributed by atoms with Gasteiger partial charge in [0.25, 0.3) is 0 Å². The molecule has 1 aliphatic rings. The summed E-state index contributed by atoms with van der Waals surface area (Å²) in [5, 5.41) is 3.69. The Bertz CT molecular complexity index is 156. The minimum absolute atomic E-state index is 0.679. The number of hydrogen-bond acceptors (Lipinski definition) is 3. The highest BCUT2D eigenvalue weighted by atomic mass is 32.2. The van der Waals surface area contributed by atoms with Crippen LogP contribution < -0.4 is 5.32 Å². The Morgan fingerprint density at radius 2 is 2.00 bits per heavy atom. The Morgan fingerprint density at radius 1 is 1.33 bits per heavy atom. The zero-order chi connectivity index (χ0) is 11.1. The van der Waals surface area contributed by atoms with Crippen LogP contribution in [0.4, 0.5) is 0 Å². The molecule has 1 N–H and O–H groups in total. The minimum Gasteiger partial charge on any atom is -0.313 e. The highest BCUT2D eigenvalue weighted by Gasteiger charge is 2.13. The maximum absolute atomic E-state index is 3.69. The van der Waals surface area contributed by atoms with Crippen LogP contribution in [0.25, 0.3) is 0 Å². The zero-order valence-corrected chi connectivity index (χ0v) is 11.3. The Labute approximate surface area is 99.2 Å². The lowest BCUT2D eigenvalue weighted by atomic mass is 10.1. The Hall–Kier alpha value is 0.270. The van der Waals surface area contributed by atoms with Crippen molar-refractivity contribution in [1.29, 1.82) is 0 Å². The van der Waals surface area contributed by atoms with Crippen LogP contribution in [-0.2, 0) is 0 Å². The minimum atomic E-state index is 0.679. The molecule has 0 amide bonds. The molecule has 1 fully saturated rings. The molecule has 0 aliphatic carbocycles. The smallest absolute Gasteiger partial charge is 0.0110 e. The number of hydrogen-bond donors (Lipinski definition) is 1. The maximum Gasteiger partial charge on any atom is 0.0110 e. The molecule has 1 rings (SSSR count). The van der Waals surface area contributed by atoms with Crippen molar-refractivity contribution in [3.05, 3.63) is 0 Å². The van der Waals surface area contributed by atoms with Crippen LogP contribution in [0.15, 0.2) is 0 Å². The van der Waals surface area contributed by atoms with Crippen molar-refractivity contribution < 1.29 is 0 Å². The molecular weight excluding hydrogens is 204 g/mol. The number of likely N-dealkylation sites (N-methyl/N-ethyl adjacent to an activating group) is 1. The van der Waals surface area contributed by atoms with E-state index < -0.39 is 0 Å². The van der Waals surface area contributed by atoms with E-state index in [0.717, 1.165) is 12.6 Å². The van der Waals surface area contributed by atoms with Crippen LogP contribution in [0.5, 0.6) is 0 Å². The summed E-state index contributed by atoms with van der Waals surface area (Å²) in [5.41, 5.74) is 0. The molecule has 90 valence electrons. The van der Waals surface area contributed by atoms with E-state index in [9.17, 15) is 0 Å². The molecule has 0 aromatic heterocycles. The summed E-state index contributed by atoms with van der Waals surface area (Å²) in [5.74, 6) is 2.69. The summed E-state index contributed by atoms with van der Waals surface area (Å²) >= 11 is 2.10. The van der Waals surface area contributed by atoms with Gasteiger partial charge in [-0.15, -0.1) is 0 Å². The predicted octanol–water partition coefficient (Wildman–Crippen LogP) is 2.20. The monoisotopic (exact) mass is 230 g/mol. The van der Waals surface area contributed by atoms with Crippen molar-refractivity contribution >= 4 is 11.8 Å². The van der Waals surface area contributed by atoms with E-state index in [-0.39, 0.29) is 0 Å². The van der Waals surface area contributed by atoms with Gasteiger partial charge in [0.1, 0.15) is 0 Å². The van der Waals surface area contributed by atoms with Crippen LogP contribution in [0.1, 0.15) is 33.6 Å². The second kappa shape index (κ2) is 7.53. The van der Waals surface area contributed by atoms with Crippen LogP contribution in [0.2, 0.25) is 0 Å². The van der Waals surface area contributed by atoms with E-state index >= 15 is 0 Å². The van der Waals surface area contributed by atoms with Gasteiger partial charge in [0.2, 0.25) is 0 Å². The molecule has 0 bridgehead atoms. The molecule has 15 heavy (non-hydrogen) atoms. The lowest BCUT2D eigenvalue weighted by Gasteiger charge is -2.27. The van der Waals surface area contributed by atoms with Gasteiger partial charge in [-0.3, -0.25) is 4.90 Å². The Morgan fingerprint density at radius 3 is 2.53 bits per heavy atom. The summed E-state index contributed by atoms with van der Waals surface area (Å²) in [6.45, 7) is 10.3. The topological polar surface area (TPSA) is 15.3 Å². The highest BCUT2D eigenvalue weighted by molar-refractivity contribution is 7.99. The van der Waals surface area contributed by atoms with Gasteiger partial charge in [-0.2, -0.15) is 11.8 Å². The SMILES string of the molecule is CCN(CCNC1CCSCC1)C(C)C. The van der Waals surface area contributed by atoms with Crippen molar-refractivity contribution in [1.82, 2.24) is 10.2 Å². The summed E-state index contributed by atoms with van der Waals surface area (Å²) in [7, 11) is 0. The first-order chi connectivity index (χ1) is 7.24. The molecule has 2 nitrogen and oxygen atoms in total. The second-order valence-electron chi connectivity index (χ2n) is 4.56. The van der Waals surface area contributed by atoms with E-state index in [1.165, 1.54) is 37.4 Å². The van der Waals surface area contributed by atoms with Gasteiger partial charge in [-0.25, -0.2) is 0 Å². The van der Waals surface area contributed by atoms with Gasteiger partial charge in [0.05, 0.1) is 0 Å². The predicted molar refractivity (Wildman–Crippen MR) is 70.7 cm³/mol. The molecule has 0 unspecified atom stereocenters. The van der Waals surface area contributed by atoms with Gasteiger partial charge >= 0.3 is 0 Å². The van der Waals surface area contributed by atoms with E-state index in [0.29, 0.717) is 6.04 Å². The molecular formula is C12H26N2S. The van der Waals surface area contributed by atoms with Crippen LogP contribution in [-0.4, -0.2) is 48.1 Å². The fourth-order valence-corrected chi connectivity index (χ4v) is 3.20. The van der Waals surface area contributed by atoms with Gasteiger partial charge < -0.3 is 5.32 Å². The summed E-state index contributed by atoms with van der Waals surface area (Å²) in [6, 6.07) is 1.47. The van der Waals surface area contributed by atoms with Crippen molar-refractivity contribution in [3.8, 4) is 0 Å². The van der Waals surface area contributed by atoms with E-state index in [4.69, 9.17) is 0 Å². The molecule has 0 aromatic carbocycles. The fraction of sp³-hybridized carbons (Fsp3) is 1.00. The van der Waals surface area contributed by atoms with Crippen LogP contribution in [0.3, 0.4) is 0 Å². The van der Waals surface area contributed by atoms with Crippen LogP contribution >= 0.6 is 11.8 Å². The van der Waals surface area contributed by atoms with Crippen LogP contribution in [0, 0.1) is 0 Å². The molecule has 0 atom stereocenters. The normalized spacial score (nSPS) is 19.0. The molecule has 1 saturated heterocycles. The number of rotatable bonds is 6. The zero-order valence-electron chi connectivity index (χ0n) is 10.5. The fourth-order valence-electron chi connectivity index (χ4n) is 2.10. The molecule has 0 radical (unpaired) electrons. The third-order valence-corrected chi connectivity index (χ3v) is 4.24. The number of thioether (sulfide) groups is 1. The Balaban J connectivity index is 2.08. The third kappa shape index (κ3) is 5.23. The average molecular weight is 230 g/mol. The second-order valence-corrected chi connectivity index (χ2v) is 5.79. The molecule has 1 heterocycles. The third-order valence-electron chi connectivity index (χ3n) is 3.19. The van der Waals surface area contributed by atoms with E-state index in [1.807, 2.05) is 0 Å². The first-order valence-electron chi connectivity index (χ1n) is 6.29. The molecule has 3 heteroatoms. The lowest BCUT2D eigenvalue weighted by molar-refractivity contribution is 0.229. The van der Waals surface area contributed by atoms with Crippen molar-refractivity contribution in [3.63, 3.8) is 0 Å². The van der Waals surface area contributed by atoms with Crippen molar-refractivity contribution in [2.24, 2.45) is 0 Å². The highest BCUT2D eigenvalue weighted by Crippen LogP contribution is 2.16. The maximum atomic E-state index is 3.69. The number of nitrogens with zero attached hydrogens (tertiary/aromatic N) is 1. The molecule has 0 spiro atoms. The molecule has 0 aromatic rings. The molecule has 1 aliphatic heterocycles.